The summed E-state index contributed by atoms with van der Waals surface area (Å²) in [5.74, 6) is -1.50. The van der Waals surface area contributed by atoms with E-state index in [9.17, 15) is 19.2 Å². The molecule has 0 aliphatic carbocycles. The molecular formula is C18H33BrO8. The van der Waals surface area contributed by atoms with Gasteiger partial charge in [0.1, 0.15) is 5.52 Å². The fraction of sp³-hybridized carbons (Fsp3) is 0.778. The molecule has 0 unspecified atom stereocenters. The van der Waals surface area contributed by atoms with Crippen molar-refractivity contribution in [3.63, 3.8) is 0 Å². The van der Waals surface area contributed by atoms with Crippen LogP contribution in [0.2, 0.25) is 0 Å². The molecule has 0 fully saturated rings. The maximum absolute atomic E-state index is 10.8. The largest absolute Gasteiger partial charge is 0.481 e. The Bertz CT molecular complexity index is 373. The molecule has 0 heterocycles. The third-order valence-corrected chi connectivity index (χ3v) is 2.71. The van der Waals surface area contributed by atoms with E-state index in [1.165, 1.54) is 0 Å². The van der Waals surface area contributed by atoms with Gasteiger partial charge in [-0.25, -0.2) is 0 Å². The Balaban J connectivity index is -0.000000351. The minimum absolute atomic E-state index is 0.135. The summed E-state index contributed by atoms with van der Waals surface area (Å²) in [5, 5.41) is 7.91. The Morgan fingerprint density at radius 1 is 0.667 bits per heavy atom. The summed E-state index contributed by atoms with van der Waals surface area (Å²) in [6.07, 6.45) is 4.60. The molecule has 27 heavy (non-hydrogen) atoms. The van der Waals surface area contributed by atoms with Crippen LogP contribution in [0.25, 0.3) is 0 Å². The summed E-state index contributed by atoms with van der Waals surface area (Å²) in [7, 11) is 0. The molecule has 1 N–H and O–H groups in total. The number of hydrogen-bond acceptors (Lipinski definition) is 7. The first-order valence-electron chi connectivity index (χ1n) is 9.03. The average Bonchev–Trinajstić information content (AvgIpc) is 2.57. The molecular weight excluding hydrogens is 424 g/mol. The summed E-state index contributed by atoms with van der Waals surface area (Å²) < 4.78 is 13.8. The van der Waals surface area contributed by atoms with Crippen LogP contribution in [0.1, 0.15) is 79.1 Å². The molecule has 0 spiro atoms. The quantitative estimate of drug-likeness (QED) is 0.279. The van der Waals surface area contributed by atoms with E-state index < -0.39 is 5.97 Å². The number of carboxylic acids is 1. The minimum Gasteiger partial charge on any atom is -0.481 e. The number of aliphatic carboxylic acids is 1. The van der Waals surface area contributed by atoms with Crippen LogP contribution in [0.15, 0.2) is 0 Å². The van der Waals surface area contributed by atoms with E-state index in [1.54, 1.807) is 0 Å². The van der Waals surface area contributed by atoms with Crippen molar-refractivity contribution in [3.05, 3.63) is 0 Å². The second kappa shape index (κ2) is 24.4. The van der Waals surface area contributed by atoms with Gasteiger partial charge in [-0.15, -0.1) is 0 Å². The van der Waals surface area contributed by atoms with Crippen molar-refractivity contribution in [2.24, 2.45) is 0 Å². The van der Waals surface area contributed by atoms with Gasteiger partial charge >= 0.3 is 23.9 Å². The van der Waals surface area contributed by atoms with Crippen molar-refractivity contribution in [1.29, 1.82) is 0 Å². The molecule has 0 aliphatic heterocycles. The lowest BCUT2D eigenvalue weighted by molar-refractivity contribution is -0.167. The number of hydrogen-bond donors (Lipinski definition) is 1. The number of carboxylic acid groups (broad SMARTS) is 1. The lowest BCUT2D eigenvalue weighted by Crippen LogP contribution is -2.11. The highest BCUT2D eigenvalue weighted by molar-refractivity contribution is 9.09. The molecule has 0 amide bonds. The highest BCUT2D eigenvalue weighted by Gasteiger charge is 2.03. The average molecular weight is 457 g/mol. The van der Waals surface area contributed by atoms with Crippen molar-refractivity contribution in [2.45, 2.75) is 79.1 Å². The molecule has 160 valence electrons. The van der Waals surface area contributed by atoms with Crippen molar-refractivity contribution >= 4 is 39.8 Å². The van der Waals surface area contributed by atoms with Gasteiger partial charge in [-0.2, -0.15) is 0 Å². The van der Waals surface area contributed by atoms with Crippen molar-refractivity contribution in [2.75, 3.05) is 12.3 Å². The molecule has 0 aromatic rings. The van der Waals surface area contributed by atoms with E-state index in [4.69, 9.17) is 5.11 Å². The Labute approximate surface area is 170 Å². The third-order valence-electron chi connectivity index (χ3n) is 2.48. The smallest absolute Gasteiger partial charge is 0.308 e. The lowest BCUT2D eigenvalue weighted by atomic mass is 10.3. The minimum atomic E-state index is -0.711. The molecule has 8 nitrogen and oxygen atoms in total. The summed E-state index contributed by atoms with van der Waals surface area (Å²) in [6, 6.07) is 0. The van der Waals surface area contributed by atoms with Gasteiger partial charge in [0.2, 0.25) is 6.79 Å². The molecule has 0 aromatic carbocycles. The predicted octanol–water partition coefficient (Wildman–Crippen LogP) is 4.18. The van der Waals surface area contributed by atoms with Crippen molar-refractivity contribution in [3.8, 4) is 0 Å². The van der Waals surface area contributed by atoms with Gasteiger partial charge in [0.25, 0.3) is 0 Å². The molecule has 0 rings (SSSR count). The van der Waals surface area contributed by atoms with Crippen molar-refractivity contribution < 1.29 is 38.5 Å². The Hall–Kier alpha value is -1.64. The fourth-order valence-corrected chi connectivity index (χ4v) is 1.52. The second-order valence-corrected chi connectivity index (χ2v) is 5.63. The molecule has 0 aliphatic rings. The highest BCUT2D eigenvalue weighted by Crippen LogP contribution is 1.94. The number of carbonyl (C=O) groups excluding carboxylic acids is 3. The van der Waals surface area contributed by atoms with E-state index in [1.807, 2.05) is 27.7 Å². The zero-order valence-corrected chi connectivity index (χ0v) is 18.3. The number of rotatable bonds is 11. The lowest BCUT2D eigenvalue weighted by Gasteiger charge is -2.04. The van der Waals surface area contributed by atoms with Crippen LogP contribution < -0.4 is 0 Å². The third kappa shape index (κ3) is 32.5. The van der Waals surface area contributed by atoms with Gasteiger partial charge in [0, 0.05) is 25.7 Å². The molecule has 0 aromatic heterocycles. The SMILES string of the molecule is CCCC(=O)O.CCCC(=O)OCBr.CCCC(=O)OCOC(=O)CCC. The van der Waals surface area contributed by atoms with Crippen LogP contribution in [-0.4, -0.2) is 41.3 Å². The molecule has 0 atom stereocenters. The maximum Gasteiger partial charge on any atom is 0.308 e. The number of halogens is 1. The van der Waals surface area contributed by atoms with Crippen LogP contribution in [-0.2, 0) is 33.4 Å². The number of esters is 3. The van der Waals surface area contributed by atoms with Crippen LogP contribution >= 0.6 is 15.9 Å². The van der Waals surface area contributed by atoms with Gasteiger partial charge in [0.15, 0.2) is 0 Å². The number of ether oxygens (including phenoxy) is 3. The zero-order chi connectivity index (χ0) is 21.5. The van der Waals surface area contributed by atoms with Gasteiger partial charge in [-0.05, 0) is 41.6 Å². The van der Waals surface area contributed by atoms with Gasteiger partial charge in [-0.1, -0.05) is 27.7 Å². The van der Waals surface area contributed by atoms with E-state index in [-0.39, 0.29) is 24.7 Å². The standard InChI is InChI=1S/C9H16O4.C5H9BrO2.C4H8O2/c1-3-5-8(10)12-7-13-9(11)6-4-2;1-2-3-5(7)8-4-6;1-2-3-4(5)6/h3-7H2,1-2H3;2-4H2,1H3;2-3H2,1H3,(H,5,6). The molecule has 0 bridgehead atoms. The summed E-state index contributed by atoms with van der Waals surface area (Å²) >= 11 is 2.98. The van der Waals surface area contributed by atoms with Gasteiger partial charge in [-0.3, -0.25) is 19.2 Å². The van der Waals surface area contributed by atoms with Gasteiger partial charge in [0.05, 0.1) is 0 Å². The topological polar surface area (TPSA) is 116 Å². The van der Waals surface area contributed by atoms with Gasteiger partial charge < -0.3 is 19.3 Å². The normalized spacial score (nSPS) is 8.93. The summed E-state index contributed by atoms with van der Waals surface area (Å²) in [5.41, 5.74) is 0.311. The second-order valence-electron chi connectivity index (χ2n) is 5.17. The number of alkyl halides is 1. The molecule has 0 saturated heterocycles. The van der Waals surface area contributed by atoms with Crippen LogP contribution in [0.5, 0.6) is 0 Å². The van der Waals surface area contributed by atoms with E-state index in [0.29, 0.717) is 31.2 Å². The molecule has 0 saturated carbocycles. The Kier molecular flexibility index (Phi) is 27.2. The van der Waals surface area contributed by atoms with Crippen LogP contribution in [0.4, 0.5) is 0 Å². The summed E-state index contributed by atoms with van der Waals surface area (Å²) in [6.45, 7) is 7.29. The first-order valence-corrected chi connectivity index (χ1v) is 10.1. The first-order chi connectivity index (χ1) is 12.8. The maximum atomic E-state index is 10.8. The van der Waals surface area contributed by atoms with Crippen molar-refractivity contribution in [1.82, 2.24) is 0 Å². The van der Waals surface area contributed by atoms with E-state index >= 15 is 0 Å². The van der Waals surface area contributed by atoms with Crippen LogP contribution in [0, 0.1) is 0 Å². The molecule has 0 radical (unpaired) electrons. The van der Waals surface area contributed by atoms with E-state index in [0.717, 1.165) is 25.7 Å². The van der Waals surface area contributed by atoms with E-state index in [2.05, 4.69) is 30.1 Å². The fourth-order valence-electron chi connectivity index (χ4n) is 1.26. The monoisotopic (exact) mass is 456 g/mol. The number of carbonyl (C=O) groups is 4. The first kappa shape index (κ1) is 30.1. The zero-order valence-electron chi connectivity index (χ0n) is 16.8. The summed E-state index contributed by atoms with van der Waals surface area (Å²) in [4.78, 5) is 41.5. The highest BCUT2D eigenvalue weighted by atomic mass is 79.9. The predicted molar refractivity (Wildman–Crippen MR) is 104 cm³/mol. The Morgan fingerprint density at radius 2 is 1.00 bits per heavy atom. The molecule has 9 heteroatoms. The Morgan fingerprint density at radius 3 is 1.22 bits per heavy atom. The van der Waals surface area contributed by atoms with Crippen LogP contribution in [0.3, 0.4) is 0 Å².